The van der Waals surface area contributed by atoms with Crippen molar-refractivity contribution in [3.05, 3.63) is 65.7 Å². The average Bonchev–Trinajstić information content (AvgIpc) is 3.43. The first-order chi connectivity index (χ1) is 12.1. The number of carbonyl (C=O) groups is 2. The summed E-state index contributed by atoms with van der Waals surface area (Å²) in [7, 11) is 0. The topological polar surface area (TPSA) is 71.1 Å². The predicted octanol–water partition coefficient (Wildman–Crippen LogP) is 1.94. The van der Waals surface area contributed by atoms with Crippen molar-refractivity contribution in [3.8, 4) is 0 Å². The molecular weight excluding hydrogens is 321 g/mol. The Morgan fingerprint density at radius 2 is 1.96 bits per heavy atom. The smallest absolute Gasteiger partial charge is 0.239 e. The highest BCUT2D eigenvalue weighted by Gasteiger charge is 2.25. The molecule has 0 saturated heterocycles. The van der Waals surface area contributed by atoms with E-state index in [9.17, 15) is 14.0 Å². The number of pyridine rings is 1. The van der Waals surface area contributed by atoms with Crippen LogP contribution in [-0.4, -0.2) is 29.4 Å². The van der Waals surface area contributed by atoms with Gasteiger partial charge in [0.1, 0.15) is 5.82 Å². The molecule has 1 heterocycles. The molecule has 0 spiro atoms. The summed E-state index contributed by atoms with van der Waals surface area (Å²) in [4.78, 5) is 28.5. The second-order valence-corrected chi connectivity index (χ2v) is 6.23. The largest absolute Gasteiger partial charge is 0.352 e. The lowest BCUT2D eigenvalue weighted by Gasteiger charge is -2.17. The second-order valence-electron chi connectivity index (χ2n) is 6.23. The highest BCUT2D eigenvalue weighted by atomic mass is 19.1. The number of nitrogens with zero attached hydrogens (tertiary/aromatic N) is 1. The highest BCUT2D eigenvalue weighted by molar-refractivity contribution is 5.88. The third-order valence-electron chi connectivity index (χ3n) is 4.12. The Kier molecular flexibility index (Phi) is 5.38. The second kappa shape index (κ2) is 7.88. The molecule has 1 atom stereocenters. The molecule has 1 saturated carbocycles. The fourth-order valence-corrected chi connectivity index (χ4v) is 2.61. The molecule has 5 nitrogen and oxygen atoms in total. The normalized spacial score (nSPS) is 14.6. The molecular formula is C19H20FN3O2. The van der Waals surface area contributed by atoms with Crippen LogP contribution < -0.4 is 10.6 Å². The van der Waals surface area contributed by atoms with Gasteiger partial charge in [-0.2, -0.15) is 0 Å². The van der Waals surface area contributed by atoms with E-state index in [1.54, 1.807) is 30.6 Å². The zero-order chi connectivity index (χ0) is 17.6. The fourth-order valence-electron chi connectivity index (χ4n) is 2.61. The molecule has 2 amide bonds. The molecule has 25 heavy (non-hydrogen) atoms. The van der Waals surface area contributed by atoms with Gasteiger partial charge in [0.2, 0.25) is 11.8 Å². The molecule has 0 aliphatic heterocycles. The number of hydrogen-bond acceptors (Lipinski definition) is 3. The lowest BCUT2D eigenvalue weighted by Crippen LogP contribution is -2.40. The summed E-state index contributed by atoms with van der Waals surface area (Å²) >= 11 is 0. The van der Waals surface area contributed by atoms with Crippen LogP contribution >= 0.6 is 0 Å². The van der Waals surface area contributed by atoms with Crippen molar-refractivity contribution in [2.45, 2.75) is 31.2 Å². The molecule has 2 N–H and O–H groups in total. The number of aromatic nitrogens is 1. The summed E-state index contributed by atoms with van der Waals surface area (Å²) in [6.07, 6.45) is 5.79. The number of benzene rings is 1. The van der Waals surface area contributed by atoms with Crippen molar-refractivity contribution in [2.75, 3.05) is 6.54 Å². The number of carbonyl (C=O) groups excluding carboxylic acids is 2. The van der Waals surface area contributed by atoms with Crippen molar-refractivity contribution < 1.29 is 14.0 Å². The molecule has 0 radical (unpaired) electrons. The van der Waals surface area contributed by atoms with E-state index in [0.717, 1.165) is 18.4 Å². The average molecular weight is 341 g/mol. The number of amides is 2. The van der Waals surface area contributed by atoms with E-state index in [1.807, 2.05) is 6.07 Å². The van der Waals surface area contributed by atoms with Crippen LogP contribution in [0, 0.1) is 5.82 Å². The third kappa shape index (κ3) is 5.11. The van der Waals surface area contributed by atoms with Gasteiger partial charge >= 0.3 is 0 Å². The van der Waals surface area contributed by atoms with Crippen molar-refractivity contribution in [3.63, 3.8) is 0 Å². The maximum atomic E-state index is 13.2. The molecule has 1 fully saturated rings. The molecule has 1 unspecified atom stereocenters. The van der Waals surface area contributed by atoms with Gasteiger partial charge in [-0.05, 0) is 48.6 Å². The quantitative estimate of drug-likeness (QED) is 0.808. The lowest BCUT2D eigenvalue weighted by molar-refractivity contribution is -0.127. The highest BCUT2D eigenvalue weighted by Crippen LogP contribution is 2.22. The minimum atomic E-state index is -0.515. The summed E-state index contributed by atoms with van der Waals surface area (Å²) < 4.78 is 13.2. The van der Waals surface area contributed by atoms with Crippen LogP contribution in [0.15, 0.2) is 48.8 Å². The van der Waals surface area contributed by atoms with Crippen LogP contribution in [0.5, 0.6) is 0 Å². The number of halogens is 1. The number of hydrogen-bond donors (Lipinski definition) is 2. The third-order valence-corrected chi connectivity index (χ3v) is 4.12. The zero-order valence-electron chi connectivity index (χ0n) is 13.7. The molecule has 3 rings (SSSR count). The summed E-state index contributed by atoms with van der Waals surface area (Å²) in [5.74, 6) is -1.32. The summed E-state index contributed by atoms with van der Waals surface area (Å²) in [5, 5.41) is 5.52. The van der Waals surface area contributed by atoms with Gasteiger partial charge in [-0.3, -0.25) is 14.6 Å². The molecule has 1 aliphatic rings. The van der Waals surface area contributed by atoms with E-state index >= 15 is 0 Å². The van der Waals surface area contributed by atoms with Crippen molar-refractivity contribution in [1.29, 1.82) is 0 Å². The van der Waals surface area contributed by atoms with Crippen molar-refractivity contribution in [2.24, 2.45) is 0 Å². The Morgan fingerprint density at radius 3 is 2.60 bits per heavy atom. The van der Waals surface area contributed by atoms with Crippen LogP contribution in [-0.2, 0) is 16.0 Å². The van der Waals surface area contributed by atoms with E-state index in [-0.39, 0.29) is 30.2 Å². The van der Waals surface area contributed by atoms with Crippen LogP contribution in [0.2, 0.25) is 0 Å². The van der Waals surface area contributed by atoms with Crippen LogP contribution in [0.1, 0.15) is 29.9 Å². The monoisotopic (exact) mass is 341 g/mol. The SMILES string of the molecule is O=C(CNC(=O)C(Cc1cccnc1)c1ccc(F)cc1)NC1CC1. The summed E-state index contributed by atoms with van der Waals surface area (Å²) in [6.45, 7) is -0.0555. The van der Waals surface area contributed by atoms with E-state index in [4.69, 9.17) is 0 Å². The first-order valence-corrected chi connectivity index (χ1v) is 8.33. The first-order valence-electron chi connectivity index (χ1n) is 8.33. The number of nitrogens with one attached hydrogen (secondary N) is 2. The zero-order valence-corrected chi connectivity index (χ0v) is 13.7. The van der Waals surface area contributed by atoms with Gasteiger partial charge in [-0.15, -0.1) is 0 Å². The lowest BCUT2D eigenvalue weighted by atomic mass is 9.91. The number of rotatable bonds is 7. The molecule has 1 aromatic heterocycles. The molecule has 0 bridgehead atoms. The van der Waals surface area contributed by atoms with Gasteiger partial charge in [0.25, 0.3) is 0 Å². The van der Waals surface area contributed by atoms with Gasteiger partial charge in [0.05, 0.1) is 12.5 Å². The van der Waals surface area contributed by atoms with Crippen molar-refractivity contribution >= 4 is 11.8 Å². The van der Waals surface area contributed by atoms with E-state index in [2.05, 4.69) is 15.6 Å². The minimum absolute atomic E-state index is 0.0555. The predicted molar refractivity (Wildman–Crippen MR) is 91.3 cm³/mol. The Hall–Kier alpha value is -2.76. The maximum Gasteiger partial charge on any atom is 0.239 e. The van der Waals surface area contributed by atoms with Crippen molar-refractivity contribution in [1.82, 2.24) is 15.6 Å². The Balaban J connectivity index is 1.69. The van der Waals surface area contributed by atoms with Gasteiger partial charge < -0.3 is 10.6 Å². The Labute approximate surface area is 145 Å². The standard InChI is InChI=1S/C19H20FN3O2/c20-15-5-3-14(4-6-15)17(10-13-2-1-9-21-11-13)19(25)22-12-18(24)23-16-7-8-16/h1-6,9,11,16-17H,7-8,10,12H2,(H,22,25)(H,23,24). The minimum Gasteiger partial charge on any atom is -0.352 e. The van der Waals surface area contributed by atoms with E-state index in [0.29, 0.717) is 12.0 Å². The first kappa shape index (κ1) is 17.1. The van der Waals surface area contributed by atoms with Crippen LogP contribution in [0.25, 0.3) is 0 Å². The maximum absolute atomic E-state index is 13.2. The Bertz CT molecular complexity index is 730. The van der Waals surface area contributed by atoms with Gasteiger partial charge in [0, 0.05) is 18.4 Å². The summed E-state index contributed by atoms with van der Waals surface area (Å²) in [6, 6.07) is 9.81. The molecule has 130 valence electrons. The molecule has 1 aliphatic carbocycles. The molecule has 2 aromatic rings. The Morgan fingerprint density at radius 1 is 1.20 bits per heavy atom. The molecule has 6 heteroatoms. The molecule has 1 aromatic carbocycles. The van der Waals surface area contributed by atoms with E-state index in [1.165, 1.54) is 12.1 Å². The van der Waals surface area contributed by atoms with Gasteiger partial charge in [-0.1, -0.05) is 18.2 Å². The van der Waals surface area contributed by atoms with E-state index < -0.39 is 5.92 Å². The fraction of sp³-hybridized carbons (Fsp3) is 0.316. The van der Waals surface area contributed by atoms with Crippen LogP contribution in [0.3, 0.4) is 0 Å². The van der Waals surface area contributed by atoms with Gasteiger partial charge in [-0.25, -0.2) is 4.39 Å². The van der Waals surface area contributed by atoms with Gasteiger partial charge in [0.15, 0.2) is 0 Å². The van der Waals surface area contributed by atoms with Crippen LogP contribution in [0.4, 0.5) is 4.39 Å². The summed E-state index contributed by atoms with van der Waals surface area (Å²) in [5.41, 5.74) is 1.60.